The van der Waals surface area contributed by atoms with E-state index in [9.17, 15) is 18.0 Å². The molecule has 0 aromatic heterocycles. The number of terminal acetylenes is 1. The van der Waals surface area contributed by atoms with Crippen LogP contribution in [0.3, 0.4) is 0 Å². The number of carbonyl (C=O) groups is 2. The third kappa shape index (κ3) is 6.35. The maximum absolute atomic E-state index is 12.8. The van der Waals surface area contributed by atoms with Crippen molar-refractivity contribution in [3.63, 3.8) is 0 Å². The second-order valence-corrected chi connectivity index (χ2v) is 10.4. The Morgan fingerprint density at radius 3 is 2.56 bits per heavy atom. The third-order valence-corrected chi connectivity index (χ3v) is 7.55. The fraction of sp³-hybridized carbons (Fsp3) is 0.333. The lowest BCUT2D eigenvalue weighted by molar-refractivity contribution is -0.145. The summed E-state index contributed by atoms with van der Waals surface area (Å²) >= 11 is 6.05. The van der Waals surface area contributed by atoms with E-state index in [1.165, 1.54) is 0 Å². The molecule has 2 amide bonds. The first-order chi connectivity index (χ1) is 15.3. The third-order valence-electron chi connectivity index (χ3n) is 5.33. The number of likely N-dealkylation sites (tertiary alicyclic amines) is 1. The number of sulfone groups is 1. The van der Waals surface area contributed by atoms with Gasteiger partial charge in [-0.3, -0.25) is 9.59 Å². The molecule has 0 bridgehead atoms. The van der Waals surface area contributed by atoms with Crippen molar-refractivity contribution in [1.29, 1.82) is 0 Å². The molecule has 0 spiro atoms. The zero-order valence-electron chi connectivity index (χ0n) is 17.5. The highest BCUT2D eigenvalue weighted by Gasteiger charge is 2.45. The van der Waals surface area contributed by atoms with Crippen molar-refractivity contribution in [3.8, 4) is 12.3 Å². The van der Waals surface area contributed by atoms with Gasteiger partial charge in [0, 0.05) is 17.5 Å². The predicted octanol–water partition coefficient (Wildman–Crippen LogP) is 2.95. The van der Waals surface area contributed by atoms with E-state index >= 15 is 0 Å². The first-order valence-electron chi connectivity index (χ1n) is 10.3. The number of hydrogen-bond donors (Lipinski definition) is 1. The van der Waals surface area contributed by atoms with E-state index in [-0.39, 0.29) is 30.7 Å². The van der Waals surface area contributed by atoms with Gasteiger partial charge in [0.25, 0.3) is 0 Å². The first-order valence-corrected chi connectivity index (χ1v) is 12.4. The highest BCUT2D eigenvalue weighted by Crippen LogP contribution is 2.27. The molecule has 2 atom stereocenters. The van der Waals surface area contributed by atoms with Gasteiger partial charge in [-0.2, -0.15) is 0 Å². The van der Waals surface area contributed by atoms with E-state index in [4.69, 9.17) is 18.0 Å². The Hall–Kier alpha value is -2.82. The summed E-state index contributed by atoms with van der Waals surface area (Å²) in [4.78, 5) is 25.9. The summed E-state index contributed by atoms with van der Waals surface area (Å²) in [6.07, 6.45) is 6.83. The van der Waals surface area contributed by atoms with Crippen LogP contribution in [0.4, 0.5) is 0 Å². The summed E-state index contributed by atoms with van der Waals surface area (Å²) in [5.74, 6) is 1.63. The summed E-state index contributed by atoms with van der Waals surface area (Å²) in [6.45, 7) is -0.306. The number of amides is 2. The molecule has 168 valence electrons. The Morgan fingerprint density at radius 1 is 1.19 bits per heavy atom. The van der Waals surface area contributed by atoms with Crippen LogP contribution in [0.5, 0.6) is 0 Å². The molecular formula is C24H25ClN2O4S. The Kier molecular flexibility index (Phi) is 7.94. The maximum Gasteiger partial charge on any atom is 0.239 e. The minimum absolute atomic E-state index is 0.106. The monoisotopic (exact) mass is 472 g/mol. The lowest BCUT2D eigenvalue weighted by Crippen LogP contribution is -2.59. The van der Waals surface area contributed by atoms with Gasteiger partial charge in [-0.15, -0.1) is 12.3 Å². The molecule has 3 rings (SSSR count). The standard InChI is InChI=1S/C24H25ClN2O4S/c1-2-3-12-21(14-19-10-7-11-20(25)13-19)26-22(28)16-27-23(29)15-24(27)32(30,31)17-18-8-5-4-6-9-18/h1,4-11,13,21,24H,3,12,14-17H2,(H,26,28). The number of nitrogens with one attached hydrogen (secondary N) is 1. The molecule has 1 N–H and O–H groups in total. The molecule has 8 heteroatoms. The molecule has 1 heterocycles. The lowest BCUT2D eigenvalue weighted by atomic mass is 10.0. The van der Waals surface area contributed by atoms with E-state index in [1.54, 1.807) is 36.4 Å². The summed E-state index contributed by atoms with van der Waals surface area (Å²) < 4.78 is 25.6. The Balaban J connectivity index is 1.63. The summed E-state index contributed by atoms with van der Waals surface area (Å²) in [7, 11) is -3.62. The Bertz CT molecular complexity index is 1110. The van der Waals surface area contributed by atoms with Gasteiger partial charge >= 0.3 is 0 Å². The van der Waals surface area contributed by atoms with Crippen LogP contribution < -0.4 is 5.32 Å². The fourth-order valence-corrected chi connectivity index (χ4v) is 5.74. The largest absolute Gasteiger partial charge is 0.351 e. The van der Waals surface area contributed by atoms with Crippen LogP contribution >= 0.6 is 11.6 Å². The molecule has 1 aliphatic rings. The van der Waals surface area contributed by atoms with Crippen molar-refractivity contribution in [2.75, 3.05) is 6.54 Å². The average Bonchev–Trinajstić information content (AvgIpc) is 2.74. The van der Waals surface area contributed by atoms with Gasteiger partial charge in [-0.25, -0.2) is 8.42 Å². The topological polar surface area (TPSA) is 83.6 Å². The molecule has 2 aromatic rings. The minimum atomic E-state index is -3.62. The number of β-lactam (4-membered cyclic amide) rings is 1. The van der Waals surface area contributed by atoms with Crippen molar-refractivity contribution >= 4 is 33.3 Å². The molecule has 2 aromatic carbocycles. The predicted molar refractivity (Wildman–Crippen MR) is 124 cm³/mol. The summed E-state index contributed by atoms with van der Waals surface area (Å²) in [5, 5.41) is 2.51. The van der Waals surface area contributed by atoms with Crippen LogP contribution in [0.2, 0.25) is 5.02 Å². The highest BCUT2D eigenvalue weighted by atomic mass is 35.5. The molecule has 1 saturated heterocycles. The van der Waals surface area contributed by atoms with E-state index in [1.807, 2.05) is 18.2 Å². The molecule has 1 aliphatic heterocycles. The van der Waals surface area contributed by atoms with Crippen LogP contribution in [0, 0.1) is 12.3 Å². The van der Waals surface area contributed by atoms with E-state index in [2.05, 4.69) is 11.2 Å². The van der Waals surface area contributed by atoms with Gasteiger partial charge in [0.15, 0.2) is 9.84 Å². The van der Waals surface area contributed by atoms with Crippen LogP contribution in [-0.2, 0) is 31.6 Å². The summed E-state index contributed by atoms with van der Waals surface area (Å²) in [5.41, 5.74) is 1.59. The van der Waals surface area contributed by atoms with Crippen LogP contribution in [-0.4, -0.2) is 43.1 Å². The quantitative estimate of drug-likeness (QED) is 0.425. The van der Waals surface area contributed by atoms with Crippen molar-refractivity contribution in [2.24, 2.45) is 0 Å². The first kappa shape index (κ1) is 23.8. The van der Waals surface area contributed by atoms with Crippen LogP contribution in [0.25, 0.3) is 0 Å². The van der Waals surface area contributed by atoms with E-state index in [0.29, 0.717) is 29.8 Å². The number of rotatable bonds is 10. The van der Waals surface area contributed by atoms with E-state index < -0.39 is 21.1 Å². The van der Waals surface area contributed by atoms with Gasteiger partial charge in [-0.1, -0.05) is 54.1 Å². The van der Waals surface area contributed by atoms with Gasteiger partial charge in [0.05, 0.1) is 12.2 Å². The van der Waals surface area contributed by atoms with Gasteiger partial charge in [0.2, 0.25) is 11.8 Å². The molecule has 2 unspecified atom stereocenters. The number of halogens is 1. The molecule has 0 aliphatic carbocycles. The number of hydrogen-bond acceptors (Lipinski definition) is 4. The second kappa shape index (κ2) is 10.7. The van der Waals surface area contributed by atoms with Crippen molar-refractivity contribution < 1.29 is 18.0 Å². The number of carbonyl (C=O) groups excluding carboxylic acids is 2. The summed E-state index contributed by atoms with van der Waals surface area (Å²) in [6, 6.07) is 15.9. The zero-order chi connectivity index (χ0) is 23.1. The normalized spacial score (nSPS) is 16.7. The Labute approximate surface area is 193 Å². The molecule has 1 fully saturated rings. The molecule has 0 saturated carbocycles. The number of nitrogens with zero attached hydrogens (tertiary/aromatic N) is 1. The van der Waals surface area contributed by atoms with Gasteiger partial charge in [-0.05, 0) is 36.1 Å². The smallest absolute Gasteiger partial charge is 0.239 e. The zero-order valence-corrected chi connectivity index (χ0v) is 19.1. The van der Waals surface area contributed by atoms with Crippen molar-refractivity contribution in [3.05, 3.63) is 70.7 Å². The molecular weight excluding hydrogens is 448 g/mol. The van der Waals surface area contributed by atoms with E-state index in [0.717, 1.165) is 10.5 Å². The van der Waals surface area contributed by atoms with Crippen molar-refractivity contribution in [2.45, 2.75) is 42.9 Å². The second-order valence-electron chi connectivity index (χ2n) is 7.81. The van der Waals surface area contributed by atoms with Gasteiger partial charge in [0.1, 0.15) is 11.9 Å². The fourth-order valence-electron chi connectivity index (χ4n) is 3.70. The SMILES string of the molecule is C#CCCC(Cc1cccc(Cl)c1)NC(=O)CN1C(=O)CC1S(=O)(=O)Cc1ccccc1. The van der Waals surface area contributed by atoms with Crippen molar-refractivity contribution in [1.82, 2.24) is 10.2 Å². The molecule has 6 nitrogen and oxygen atoms in total. The van der Waals surface area contributed by atoms with Gasteiger partial charge < -0.3 is 10.2 Å². The minimum Gasteiger partial charge on any atom is -0.351 e. The highest BCUT2D eigenvalue weighted by molar-refractivity contribution is 7.91. The van der Waals surface area contributed by atoms with Crippen LogP contribution in [0.1, 0.15) is 30.4 Å². The Morgan fingerprint density at radius 2 is 1.91 bits per heavy atom. The number of benzene rings is 2. The lowest BCUT2D eigenvalue weighted by Gasteiger charge is -2.39. The average molecular weight is 473 g/mol. The molecule has 0 radical (unpaired) electrons. The molecule has 32 heavy (non-hydrogen) atoms. The maximum atomic E-state index is 12.8. The van der Waals surface area contributed by atoms with Crippen LogP contribution in [0.15, 0.2) is 54.6 Å².